The van der Waals surface area contributed by atoms with Crippen LogP contribution in [-0.4, -0.2) is 13.1 Å². The highest BCUT2D eigenvalue weighted by Gasteiger charge is 2.17. The highest BCUT2D eigenvalue weighted by atomic mass is 16.6. The maximum absolute atomic E-state index is 11.5. The van der Waals surface area contributed by atoms with Crippen molar-refractivity contribution in [3.05, 3.63) is 71.3 Å². The average Bonchev–Trinajstić information content (AvgIpc) is 2.46. The second kappa shape index (κ2) is 6.05. The van der Waals surface area contributed by atoms with E-state index in [-0.39, 0.29) is 6.10 Å². The van der Waals surface area contributed by atoms with E-state index in [4.69, 9.17) is 4.74 Å². The van der Waals surface area contributed by atoms with Gasteiger partial charge >= 0.3 is 6.09 Å². The van der Waals surface area contributed by atoms with Crippen molar-refractivity contribution in [2.45, 2.75) is 13.0 Å². The van der Waals surface area contributed by atoms with E-state index in [9.17, 15) is 4.79 Å². The summed E-state index contributed by atoms with van der Waals surface area (Å²) in [4.78, 5) is 11.5. The Hall–Kier alpha value is -2.29. The van der Waals surface area contributed by atoms with Crippen molar-refractivity contribution in [1.82, 2.24) is 5.32 Å². The fourth-order valence-corrected chi connectivity index (χ4v) is 1.86. The molecule has 19 heavy (non-hydrogen) atoms. The van der Waals surface area contributed by atoms with Crippen LogP contribution in [0.3, 0.4) is 0 Å². The topological polar surface area (TPSA) is 38.3 Å². The number of ether oxygens (including phenoxy) is 1. The largest absolute Gasteiger partial charge is 0.436 e. The van der Waals surface area contributed by atoms with Gasteiger partial charge in [-0.25, -0.2) is 4.79 Å². The highest BCUT2D eigenvalue weighted by Crippen LogP contribution is 2.26. The molecule has 2 rings (SSSR count). The lowest BCUT2D eigenvalue weighted by Gasteiger charge is -2.18. The molecule has 1 N–H and O–H groups in total. The van der Waals surface area contributed by atoms with Gasteiger partial charge in [0.1, 0.15) is 0 Å². The maximum Gasteiger partial charge on any atom is 0.407 e. The predicted octanol–water partition coefficient (Wildman–Crippen LogP) is 3.44. The van der Waals surface area contributed by atoms with Crippen molar-refractivity contribution in [2.75, 3.05) is 7.05 Å². The number of amides is 1. The lowest BCUT2D eigenvalue weighted by molar-refractivity contribution is 0.118. The lowest BCUT2D eigenvalue weighted by atomic mass is 10.0. The maximum atomic E-state index is 11.5. The number of hydrogen-bond donors (Lipinski definition) is 1. The molecular weight excluding hydrogens is 238 g/mol. The summed E-state index contributed by atoms with van der Waals surface area (Å²) in [6, 6.07) is 17.7. The standard InChI is InChI=1S/C16H17NO2/c1-12-8-10-14(11-9-12)15(19-16(18)17-2)13-6-4-3-5-7-13/h3-11,15H,1-2H3,(H,17,18). The zero-order chi connectivity index (χ0) is 13.7. The van der Waals surface area contributed by atoms with Crippen LogP contribution in [0, 0.1) is 6.92 Å². The molecule has 2 aromatic rings. The zero-order valence-corrected chi connectivity index (χ0v) is 11.1. The molecule has 0 bridgehead atoms. The predicted molar refractivity (Wildman–Crippen MR) is 75.0 cm³/mol. The summed E-state index contributed by atoms with van der Waals surface area (Å²) in [6.45, 7) is 2.03. The molecule has 0 fully saturated rings. The number of carbonyl (C=O) groups is 1. The molecule has 0 aliphatic rings. The number of rotatable bonds is 3. The molecule has 1 amide bonds. The first-order valence-electron chi connectivity index (χ1n) is 6.20. The second-order valence-electron chi connectivity index (χ2n) is 4.36. The number of nitrogens with one attached hydrogen (secondary N) is 1. The Bertz CT molecular complexity index is 534. The summed E-state index contributed by atoms with van der Waals surface area (Å²) in [5, 5.41) is 2.49. The van der Waals surface area contributed by atoms with Gasteiger partial charge in [-0.05, 0) is 18.1 Å². The van der Waals surface area contributed by atoms with Gasteiger partial charge < -0.3 is 10.1 Å². The van der Waals surface area contributed by atoms with Crippen LogP contribution in [0.15, 0.2) is 54.6 Å². The molecule has 0 saturated carbocycles. The molecule has 0 aliphatic carbocycles. The molecule has 1 atom stereocenters. The van der Waals surface area contributed by atoms with E-state index in [0.717, 1.165) is 11.1 Å². The molecule has 1 unspecified atom stereocenters. The first-order chi connectivity index (χ1) is 9.20. The molecule has 0 saturated heterocycles. The molecule has 0 heterocycles. The van der Waals surface area contributed by atoms with Crippen molar-refractivity contribution in [3.8, 4) is 0 Å². The minimum Gasteiger partial charge on any atom is -0.436 e. The Balaban J connectivity index is 2.34. The van der Waals surface area contributed by atoms with Gasteiger partial charge in [0.2, 0.25) is 0 Å². The van der Waals surface area contributed by atoms with Gasteiger partial charge in [-0.15, -0.1) is 0 Å². The summed E-state index contributed by atoms with van der Waals surface area (Å²) >= 11 is 0. The van der Waals surface area contributed by atoms with E-state index in [1.807, 2.05) is 61.5 Å². The van der Waals surface area contributed by atoms with E-state index in [0.29, 0.717) is 0 Å². The SMILES string of the molecule is CNC(=O)OC(c1ccccc1)c1ccc(C)cc1. The van der Waals surface area contributed by atoms with Gasteiger partial charge in [-0.3, -0.25) is 0 Å². The molecule has 0 spiro atoms. The van der Waals surface area contributed by atoms with Crippen molar-refractivity contribution < 1.29 is 9.53 Å². The molecule has 2 aromatic carbocycles. The second-order valence-corrected chi connectivity index (χ2v) is 4.36. The molecule has 98 valence electrons. The van der Waals surface area contributed by atoms with E-state index in [2.05, 4.69) is 5.32 Å². The molecular formula is C16H17NO2. The fourth-order valence-electron chi connectivity index (χ4n) is 1.86. The van der Waals surface area contributed by atoms with Gasteiger partial charge in [0.15, 0.2) is 6.10 Å². The molecule has 3 nitrogen and oxygen atoms in total. The Morgan fingerprint density at radius 2 is 1.58 bits per heavy atom. The number of aryl methyl sites for hydroxylation is 1. The minimum atomic E-state index is -0.436. The number of benzene rings is 2. The Kier molecular flexibility index (Phi) is 4.18. The molecule has 0 aliphatic heterocycles. The van der Waals surface area contributed by atoms with Gasteiger partial charge in [0, 0.05) is 7.05 Å². The van der Waals surface area contributed by atoms with Crippen LogP contribution in [0.5, 0.6) is 0 Å². The summed E-state index contributed by atoms with van der Waals surface area (Å²) in [5.41, 5.74) is 3.09. The zero-order valence-electron chi connectivity index (χ0n) is 11.1. The number of alkyl carbamates (subject to hydrolysis) is 1. The van der Waals surface area contributed by atoms with Gasteiger partial charge in [-0.1, -0.05) is 60.2 Å². The summed E-state index contributed by atoms with van der Waals surface area (Å²) < 4.78 is 5.46. The molecule has 0 radical (unpaired) electrons. The summed E-state index contributed by atoms with van der Waals surface area (Å²) in [6.07, 6.45) is -0.823. The van der Waals surface area contributed by atoms with Crippen molar-refractivity contribution in [3.63, 3.8) is 0 Å². The smallest absolute Gasteiger partial charge is 0.407 e. The van der Waals surface area contributed by atoms with Crippen LogP contribution in [-0.2, 0) is 4.74 Å². The van der Waals surface area contributed by atoms with Crippen molar-refractivity contribution in [2.24, 2.45) is 0 Å². The molecule has 3 heteroatoms. The summed E-state index contributed by atoms with van der Waals surface area (Å²) in [5.74, 6) is 0. The quantitative estimate of drug-likeness (QED) is 0.912. The minimum absolute atomic E-state index is 0.387. The highest BCUT2D eigenvalue weighted by molar-refractivity contribution is 5.67. The van der Waals surface area contributed by atoms with E-state index in [1.54, 1.807) is 7.05 Å². The van der Waals surface area contributed by atoms with Crippen LogP contribution >= 0.6 is 0 Å². The van der Waals surface area contributed by atoms with Crippen LogP contribution in [0.1, 0.15) is 22.8 Å². The summed E-state index contributed by atoms with van der Waals surface area (Å²) in [7, 11) is 1.56. The normalized spacial score (nSPS) is 11.7. The monoisotopic (exact) mass is 255 g/mol. The third-order valence-electron chi connectivity index (χ3n) is 2.91. The first-order valence-corrected chi connectivity index (χ1v) is 6.20. The van der Waals surface area contributed by atoms with Crippen molar-refractivity contribution >= 4 is 6.09 Å². The van der Waals surface area contributed by atoms with Crippen LogP contribution in [0.2, 0.25) is 0 Å². The van der Waals surface area contributed by atoms with E-state index in [1.165, 1.54) is 5.56 Å². The lowest BCUT2D eigenvalue weighted by Crippen LogP contribution is -2.22. The number of hydrogen-bond acceptors (Lipinski definition) is 2. The Morgan fingerprint density at radius 3 is 2.16 bits per heavy atom. The first kappa shape index (κ1) is 13.1. The average molecular weight is 255 g/mol. The third-order valence-corrected chi connectivity index (χ3v) is 2.91. The van der Waals surface area contributed by atoms with Gasteiger partial charge in [-0.2, -0.15) is 0 Å². The van der Waals surface area contributed by atoms with Gasteiger partial charge in [0.05, 0.1) is 0 Å². The Morgan fingerprint density at radius 1 is 1.00 bits per heavy atom. The van der Waals surface area contributed by atoms with E-state index < -0.39 is 6.09 Å². The fraction of sp³-hybridized carbons (Fsp3) is 0.188. The third kappa shape index (κ3) is 3.35. The van der Waals surface area contributed by atoms with E-state index >= 15 is 0 Å². The van der Waals surface area contributed by atoms with Crippen LogP contribution in [0.4, 0.5) is 4.79 Å². The van der Waals surface area contributed by atoms with Crippen LogP contribution in [0.25, 0.3) is 0 Å². The van der Waals surface area contributed by atoms with Gasteiger partial charge in [0.25, 0.3) is 0 Å². The Labute approximate surface area is 113 Å². The van der Waals surface area contributed by atoms with Crippen molar-refractivity contribution in [1.29, 1.82) is 0 Å². The van der Waals surface area contributed by atoms with Crippen LogP contribution < -0.4 is 5.32 Å². The molecule has 0 aromatic heterocycles. The number of carbonyl (C=O) groups excluding carboxylic acids is 1.